The number of rotatable bonds is 7. The van der Waals surface area contributed by atoms with E-state index in [-0.39, 0.29) is 18.0 Å². The molecule has 0 saturated carbocycles. The summed E-state index contributed by atoms with van der Waals surface area (Å²) in [5.74, 6) is 1.40. The standard InChI is InChI=1S/C21H29N5O2S/c1-3-18-23-25(20(28)17-12-16-7-11-29-21(16)26(17)18)14-19(27)22-8-5-10-24-9-4-6-15(2)13-24/h7,11-12,15H,3-6,8-10,13-14H2,1-2H3,(H,22,27)/t15-/m0/s1. The van der Waals surface area contributed by atoms with Gasteiger partial charge in [0, 0.05) is 24.9 Å². The molecule has 0 bridgehead atoms. The Balaban J connectivity index is 1.39. The number of carbonyl (C=O) groups excluding carboxylic acids is 1. The highest BCUT2D eigenvalue weighted by atomic mass is 32.1. The second-order valence-electron chi connectivity index (χ2n) is 8.03. The molecular weight excluding hydrogens is 386 g/mol. The van der Waals surface area contributed by atoms with Gasteiger partial charge < -0.3 is 10.2 Å². The molecule has 0 aliphatic carbocycles. The number of carbonyl (C=O) groups is 1. The predicted molar refractivity (Wildman–Crippen MR) is 117 cm³/mol. The Kier molecular flexibility index (Phi) is 6.01. The van der Waals surface area contributed by atoms with Crippen molar-refractivity contribution < 1.29 is 4.79 Å². The minimum absolute atomic E-state index is 0.0398. The van der Waals surface area contributed by atoms with E-state index < -0.39 is 0 Å². The van der Waals surface area contributed by atoms with Crippen LogP contribution in [0.4, 0.5) is 0 Å². The van der Waals surface area contributed by atoms with Crippen LogP contribution in [0.3, 0.4) is 0 Å². The summed E-state index contributed by atoms with van der Waals surface area (Å²) in [5.41, 5.74) is 0.369. The fourth-order valence-corrected chi connectivity index (χ4v) is 5.16. The third-order valence-corrected chi connectivity index (χ3v) is 6.60. The van der Waals surface area contributed by atoms with E-state index in [1.165, 1.54) is 17.5 Å². The Morgan fingerprint density at radius 2 is 2.28 bits per heavy atom. The molecule has 3 aromatic heterocycles. The fraction of sp³-hybridized carbons (Fsp3) is 0.571. The maximum absolute atomic E-state index is 12.9. The molecule has 4 rings (SSSR count). The molecule has 1 aliphatic rings. The predicted octanol–water partition coefficient (Wildman–Crippen LogP) is 2.51. The number of likely N-dealkylation sites (tertiary alicyclic amines) is 1. The van der Waals surface area contributed by atoms with Crippen molar-refractivity contribution in [3.8, 4) is 0 Å². The van der Waals surface area contributed by atoms with Gasteiger partial charge in [-0.05, 0) is 55.8 Å². The molecule has 8 heteroatoms. The minimum atomic E-state index is -0.219. The van der Waals surface area contributed by atoms with E-state index in [0.717, 1.165) is 48.0 Å². The Morgan fingerprint density at radius 3 is 3.07 bits per heavy atom. The Hall–Kier alpha value is -2.19. The van der Waals surface area contributed by atoms with Crippen LogP contribution in [0.25, 0.3) is 15.7 Å². The first-order valence-corrected chi connectivity index (χ1v) is 11.4. The molecule has 4 heterocycles. The molecular formula is C21H29N5O2S. The fourth-order valence-electron chi connectivity index (χ4n) is 4.25. The first-order chi connectivity index (χ1) is 14.1. The van der Waals surface area contributed by atoms with Crippen LogP contribution in [-0.4, -0.2) is 51.2 Å². The number of aryl methyl sites for hydroxylation is 1. The molecule has 3 aromatic rings. The highest BCUT2D eigenvalue weighted by Gasteiger charge is 2.17. The van der Waals surface area contributed by atoms with Gasteiger partial charge in [-0.2, -0.15) is 5.10 Å². The van der Waals surface area contributed by atoms with Crippen LogP contribution in [0, 0.1) is 5.92 Å². The van der Waals surface area contributed by atoms with Crippen molar-refractivity contribution in [2.45, 2.75) is 46.1 Å². The highest BCUT2D eigenvalue weighted by Crippen LogP contribution is 2.24. The molecule has 0 spiro atoms. The topological polar surface area (TPSA) is 71.6 Å². The van der Waals surface area contributed by atoms with Crippen LogP contribution in [0.5, 0.6) is 0 Å². The van der Waals surface area contributed by atoms with Crippen molar-refractivity contribution in [2.24, 2.45) is 5.92 Å². The number of thiophene rings is 1. The second-order valence-corrected chi connectivity index (χ2v) is 8.92. The average Bonchev–Trinajstić information content (AvgIpc) is 3.29. The monoisotopic (exact) mass is 415 g/mol. The number of hydrogen-bond acceptors (Lipinski definition) is 5. The van der Waals surface area contributed by atoms with Crippen molar-refractivity contribution in [1.29, 1.82) is 0 Å². The van der Waals surface area contributed by atoms with Gasteiger partial charge in [0.2, 0.25) is 5.91 Å². The van der Waals surface area contributed by atoms with E-state index in [2.05, 4.69) is 22.2 Å². The molecule has 29 heavy (non-hydrogen) atoms. The van der Waals surface area contributed by atoms with Gasteiger partial charge in [0.05, 0.1) is 0 Å². The van der Waals surface area contributed by atoms with E-state index in [1.807, 2.05) is 28.8 Å². The van der Waals surface area contributed by atoms with Gasteiger partial charge in [0.1, 0.15) is 22.7 Å². The zero-order valence-electron chi connectivity index (χ0n) is 17.2. The number of hydrogen-bond donors (Lipinski definition) is 1. The number of amides is 1. The van der Waals surface area contributed by atoms with Crippen molar-refractivity contribution >= 4 is 33.0 Å². The molecule has 1 aliphatic heterocycles. The van der Waals surface area contributed by atoms with Crippen molar-refractivity contribution in [3.63, 3.8) is 0 Å². The number of piperidine rings is 1. The number of nitrogens with zero attached hydrogens (tertiary/aromatic N) is 4. The normalized spacial score (nSPS) is 17.9. The number of aromatic nitrogens is 3. The highest BCUT2D eigenvalue weighted by molar-refractivity contribution is 7.16. The lowest BCUT2D eigenvalue weighted by Crippen LogP contribution is -2.38. The van der Waals surface area contributed by atoms with Gasteiger partial charge in [0.15, 0.2) is 0 Å². The molecule has 0 aromatic carbocycles. The van der Waals surface area contributed by atoms with E-state index in [1.54, 1.807) is 11.3 Å². The van der Waals surface area contributed by atoms with Crippen LogP contribution in [-0.2, 0) is 17.8 Å². The molecule has 1 fully saturated rings. The minimum Gasteiger partial charge on any atom is -0.354 e. The van der Waals surface area contributed by atoms with Gasteiger partial charge in [-0.1, -0.05) is 13.8 Å². The van der Waals surface area contributed by atoms with Gasteiger partial charge >= 0.3 is 0 Å². The largest absolute Gasteiger partial charge is 0.354 e. The second kappa shape index (κ2) is 8.67. The summed E-state index contributed by atoms with van der Waals surface area (Å²) in [7, 11) is 0. The van der Waals surface area contributed by atoms with Crippen LogP contribution >= 0.6 is 11.3 Å². The lowest BCUT2D eigenvalue weighted by Gasteiger charge is -2.30. The molecule has 0 radical (unpaired) electrons. The van der Waals surface area contributed by atoms with E-state index in [9.17, 15) is 9.59 Å². The molecule has 7 nitrogen and oxygen atoms in total. The zero-order chi connectivity index (χ0) is 20.4. The van der Waals surface area contributed by atoms with Gasteiger partial charge in [-0.3, -0.25) is 14.0 Å². The summed E-state index contributed by atoms with van der Waals surface area (Å²) in [6, 6.07) is 3.90. The third kappa shape index (κ3) is 4.23. The third-order valence-electron chi connectivity index (χ3n) is 5.68. The summed E-state index contributed by atoms with van der Waals surface area (Å²) in [4.78, 5) is 28.8. The molecule has 1 N–H and O–H groups in total. The molecule has 0 unspecified atom stereocenters. The maximum Gasteiger partial charge on any atom is 0.291 e. The smallest absolute Gasteiger partial charge is 0.291 e. The molecule has 1 saturated heterocycles. The zero-order valence-corrected chi connectivity index (χ0v) is 18.0. The maximum atomic E-state index is 12.9. The SMILES string of the molecule is CCc1nn(CC(=O)NCCCN2CCC[C@H](C)C2)c(=O)c2cc3ccsc3n12. The molecule has 1 atom stereocenters. The quantitative estimate of drug-likeness (QED) is 0.602. The number of nitrogens with one attached hydrogen (secondary N) is 1. The van der Waals surface area contributed by atoms with Crippen LogP contribution < -0.4 is 10.9 Å². The Bertz CT molecular complexity index is 1070. The van der Waals surface area contributed by atoms with Crippen LogP contribution in [0.1, 0.15) is 38.9 Å². The van der Waals surface area contributed by atoms with Crippen LogP contribution in [0.15, 0.2) is 22.3 Å². The van der Waals surface area contributed by atoms with E-state index in [4.69, 9.17) is 0 Å². The van der Waals surface area contributed by atoms with E-state index >= 15 is 0 Å². The van der Waals surface area contributed by atoms with E-state index in [0.29, 0.717) is 18.5 Å². The van der Waals surface area contributed by atoms with Crippen molar-refractivity contribution in [2.75, 3.05) is 26.2 Å². The van der Waals surface area contributed by atoms with Crippen molar-refractivity contribution in [3.05, 3.63) is 33.7 Å². The first kappa shape index (κ1) is 20.1. The summed E-state index contributed by atoms with van der Waals surface area (Å²) in [5, 5.41) is 10.5. The average molecular weight is 416 g/mol. The molecule has 1 amide bonds. The summed E-state index contributed by atoms with van der Waals surface area (Å²) < 4.78 is 3.23. The number of fused-ring (bicyclic) bond motifs is 3. The van der Waals surface area contributed by atoms with Gasteiger partial charge in [0.25, 0.3) is 5.56 Å². The lowest BCUT2D eigenvalue weighted by atomic mass is 10.0. The molecule has 156 valence electrons. The summed E-state index contributed by atoms with van der Waals surface area (Å²) in [6.45, 7) is 8.22. The summed E-state index contributed by atoms with van der Waals surface area (Å²) in [6.07, 6.45) is 4.20. The van der Waals surface area contributed by atoms with Gasteiger partial charge in [-0.25, -0.2) is 4.68 Å². The van der Waals surface area contributed by atoms with Gasteiger partial charge in [-0.15, -0.1) is 11.3 Å². The van der Waals surface area contributed by atoms with Crippen molar-refractivity contribution in [1.82, 2.24) is 24.4 Å². The van der Waals surface area contributed by atoms with Crippen LogP contribution in [0.2, 0.25) is 0 Å². The first-order valence-electron chi connectivity index (χ1n) is 10.5. The summed E-state index contributed by atoms with van der Waals surface area (Å²) >= 11 is 1.60. The Labute approximate surface area is 174 Å². The Morgan fingerprint density at radius 1 is 1.41 bits per heavy atom. The lowest BCUT2D eigenvalue weighted by molar-refractivity contribution is -0.121.